The van der Waals surface area contributed by atoms with Crippen LogP contribution in [0.15, 0.2) is 0 Å². The molecular formula is C14H26FNO4S. The van der Waals surface area contributed by atoms with Crippen LogP contribution in [0.3, 0.4) is 0 Å². The molecule has 0 N–H and O–H groups in total. The standard InChI is InChI=1S/C14H26FNO4S/c15-21(17,18)16-9-6-14(7-10-16)20-12-19-11-8-13-4-2-1-3-5-13/h13-14H,1-12H2. The number of ether oxygens (including phenoxy) is 2. The third-order valence-corrected chi connectivity index (χ3v) is 5.47. The number of piperidine rings is 1. The molecule has 0 aromatic rings. The fourth-order valence-electron chi connectivity index (χ4n) is 3.15. The Bertz CT molecular complexity index is 390. The number of hydrogen-bond donors (Lipinski definition) is 0. The van der Waals surface area contributed by atoms with Crippen molar-refractivity contribution in [3.63, 3.8) is 0 Å². The van der Waals surface area contributed by atoms with Gasteiger partial charge in [0.25, 0.3) is 0 Å². The lowest BCUT2D eigenvalue weighted by atomic mass is 9.87. The normalized spacial score (nSPS) is 23.5. The Labute approximate surface area is 127 Å². The van der Waals surface area contributed by atoms with Crippen molar-refractivity contribution in [3.8, 4) is 0 Å². The van der Waals surface area contributed by atoms with Crippen LogP contribution in [0.4, 0.5) is 3.89 Å². The summed E-state index contributed by atoms with van der Waals surface area (Å²) in [6.45, 7) is 1.35. The summed E-state index contributed by atoms with van der Waals surface area (Å²) in [5.41, 5.74) is 0. The Morgan fingerprint density at radius 3 is 2.33 bits per heavy atom. The SMILES string of the molecule is O=S(=O)(F)N1CCC(OCOCCC2CCCCC2)CC1. The van der Waals surface area contributed by atoms with Crippen LogP contribution >= 0.6 is 0 Å². The monoisotopic (exact) mass is 323 g/mol. The van der Waals surface area contributed by atoms with Gasteiger partial charge in [0.2, 0.25) is 0 Å². The number of rotatable bonds is 7. The molecular weight excluding hydrogens is 297 g/mol. The van der Waals surface area contributed by atoms with Gasteiger partial charge in [-0.25, -0.2) is 0 Å². The first-order valence-electron chi connectivity index (χ1n) is 7.95. The van der Waals surface area contributed by atoms with E-state index in [9.17, 15) is 12.3 Å². The Balaban J connectivity index is 1.50. The van der Waals surface area contributed by atoms with Gasteiger partial charge in [0.1, 0.15) is 6.79 Å². The lowest BCUT2D eigenvalue weighted by Gasteiger charge is -2.28. The van der Waals surface area contributed by atoms with Gasteiger partial charge in [0.05, 0.1) is 6.10 Å². The van der Waals surface area contributed by atoms with E-state index in [4.69, 9.17) is 9.47 Å². The highest BCUT2D eigenvalue weighted by Crippen LogP contribution is 2.26. The Kier molecular flexibility index (Phi) is 6.85. The predicted molar refractivity (Wildman–Crippen MR) is 77.7 cm³/mol. The van der Waals surface area contributed by atoms with E-state index >= 15 is 0 Å². The molecule has 2 aliphatic rings. The van der Waals surface area contributed by atoms with Crippen molar-refractivity contribution in [3.05, 3.63) is 0 Å². The smallest absolute Gasteiger partial charge is 0.355 e. The molecule has 1 aliphatic heterocycles. The highest BCUT2D eigenvalue weighted by atomic mass is 32.3. The first-order valence-corrected chi connectivity index (χ1v) is 9.29. The Hall–Kier alpha value is -0.240. The quantitative estimate of drug-likeness (QED) is 0.410. The van der Waals surface area contributed by atoms with Crippen LogP contribution in [-0.4, -0.2) is 45.3 Å². The van der Waals surface area contributed by atoms with E-state index in [1.807, 2.05) is 0 Å². The summed E-state index contributed by atoms with van der Waals surface area (Å²) in [4.78, 5) is 0. The van der Waals surface area contributed by atoms with Gasteiger partial charge < -0.3 is 9.47 Å². The zero-order valence-electron chi connectivity index (χ0n) is 12.5. The van der Waals surface area contributed by atoms with Crippen molar-refractivity contribution >= 4 is 10.4 Å². The maximum Gasteiger partial charge on any atom is 0.374 e. The van der Waals surface area contributed by atoms with Crippen molar-refractivity contribution in [1.29, 1.82) is 0 Å². The maximum atomic E-state index is 12.8. The van der Waals surface area contributed by atoms with E-state index in [1.165, 1.54) is 32.1 Å². The van der Waals surface area contributed by atoms with Gasteiger partial charge in [-0.15, -0.1) is 0 Å². The van der Waals surface area contributed by atoms with Crippen LogP contribution in [0.25, 0.3) is 0 Å². The number of nitrogens with zero attached hydrogens (tertiary/aromatic N) is 1. The molecule has 21 heavy (non-hydrogen) atoms. The topological polar surface area (TPSA) is 55.8 Å². The van der Waals surface area contributed by atoms with Gasteiger partial charge in [-0.2, -0.15) is 12.7 Å². The molecule has 2 rings (SSSR count). The molecule has 0 spiro atoms. The average molecular weight is 323 g/mol. The van der Waals surface area contributed by atoms with Crippen molar-refractivity contribution in [2.45, 2.75) is 57.5 Å². The minimum Gasteiger partial charge on any atom is -0.355 e. The van der Waals surface area contributed by atoms with Gasteiger partial charge in [-0.3, -0.25) is 0 Å². The zero-order chi connectivity index (χ0) is 15.1. The summed E-state index contributed by atoms with van der Waals surface area (Å²) in [5, 5.41) is 0. The molecule has 0 atom stereocenters. The summed E-state index contributed by atoms with van der Waals surface area (Å²) >= 11 is 0. The fraction of sp³-hybridized carbons (Fsp3) is 1.00. The first kappa shape index (κ1) is 17.1. The third kappa shape index (κ3) is 6.18. The maximum absolute atomic E-state index is 12.8. The molecule has 1 aliphatic carbocycles. The van der Waals surface area contributed by atoms with Gasteiger partial charge >= 0.3 is 10.4 Å². The molecule has 7 heteroatoms. The van der Waals surface area contributed by atoms with Gasteiger partial charge in [0, 0.05) is 19.7 Å². The van der Waals surface area contributed by atoms with E-state index in [0.717, 1.165) is 23.3 Å². The van der Waals surface area contributed by atoms with Crippen molar-refractivity contribution in [2.75, 3.05) is 26.5 Å². The summed E-state index contributed by atoms with van der Waals surface area (Å²) in [6.07, 6.45) is 8.81. The highest BCUT2D eigenvalue weighted by molar-refractivity contribution is 7.83. The van der Waals surface area contributed by atoms with Crippen molar-refractivity contribution in [2.24, 2.45) is 5.92 Å². The molecule has 0 radical (unpaired) electrons. The van der Waals surface area contributed by atoms with E-state index < -0.39 is 10.4 Å². The Morgan fingerprint density at radius 2 is 1.71 bits per heavy atom. The van der Waals surface area contributed by atoms with E-state index in [0.29, 0.717) is 12.8 Å². The third-order valence-electron chi connectivity index (χ3n) is 4.49. The van der Waals surface area contributed by atoms with Gasteiger partial charge in [-0.05, 0) is 25.2 Å². The van der Waals surface area contributed by atoms with Crippen LogP contribution in [0.5, 0.6) is 0 Å². The molecule has 0 unspecified atom stereocenters. The van der Waals surface area contributed by atoms with Gasteiger partial charge in [-0.1, -0.05) is 36.0 Å². The first-order chi connectivity index (χ1) is 10.1. The molecule has 1 saturated carbocycles. The van der Waals surface area contributed by atoms with Crippen LogP contribution < -0.4 is 0 Å². The molecule has 0 bridgehead atoms. The number of halogens is 1. The summed E-state index contributed by atoms with van der Waals surface area (Å²) in [5.74, 6) is 0.803. The minimum atomic E-state index is -4.54. The molecule has 0 amide bonds. The molecule has 1 saturated heterocycles. The average Bonchev–Trinajstić information content (AvgIpc) is 2.47. The summed E-state index contributed by atoms with van der Waals surface area (Å²) in [6, 6.07) is 0. The van der Waals surface area contributed by atoms with Crippen LogP contribution in [0.2, 0.25) is 0 Å². The Morgan fingerprint density at radius 1 is 1.05 bits per heavy atom. The van der Waals surface area contributed by atoms with Crippen LogP contribution in [0.1, 0.15) is 51.4 Å². The van der Waals surface area contributed by atoms with E-state index in [-0.39, 0.29) is 26.0 Å². The van der Waals surface area contributed by atoms with Crippen LogP contribution in [-0.2, 0) is 19.9 Å². The van der Waals surface area contributed by atoms with Crippen molar-refractivity contribution < 1.29 is 21.8 Å². The molecule has 2 fully saturated rings. The lowest BCUT2D eigenvalue weighted by molar-refractivity contribution is -0.102. The molecule has 0 aromatic carbocycles. The minimum absolute atomic E-state index is 0.0299. The highest BCUT2D eigenvalue weighted by Gasteiger charge is 2.27. The molecule has 0 aromatic heterocycles. The second-order valence-corrected chi connectivity index (χ2v) is 7.37. The number of hydrogen-bond acceptors (Lipinski definition) is 4. The zero-order valence-corrected chi connectivity index (χ0v) is 13.3. The summed E-state index contributed by atoms with van der Waals surface area (Å²) < 4.78 is 46.2. The van der Waals surface area contributed by atoms with Crippen molar-refractivity contribution in [1.82, 2.24) is 4.31 Å². The molecule has 124 valence electrons. The molecule has 1 heterocycles. The van der Waals surface area contributed by atoms with Crippen LogP contribution in [0, 0.1) is 5.92 Å². The molecule has 5 nitrogen and oxygen atoms in total. The second-order valence-electron chi connectivity index (χ2n) is 6.03. The predicted octanol–water partition coefficient (Wildman–Crippen LogP) is 2.63. The van der Waals surface area contributed by atoms with E-state index in [2.05, 4.69) is 0 Å². The summed E-state index contributed by atoms with van der Waals surface area (Å²) in [7, 11) is -4.54. The largest absolute Gasteiger partial charge is 0.374 e. The fourth-order valence-corrected chi connectivity index (χ4v) is 3.79. The second kappa shape index (κ2) is 8.41. The van der Waals surface area contributed by atoms with E-state index in [1.54, 1.807) is 0 Å². The van der Waals surface area contributed by atoms with Gasteiger partial charge in [0.15, 0.2) is 0 Å². The lowest BCUT2D eigenvalue weighted by Crippen LogP contribution is -2.39.